The fourth-order valence-corrected chi connectivity index (χ4v) is 3.05. The second-order valence-electron chi connectivity index (χ2n) is 4.49. The second-order valence-corrected chi connectivity index (χ2v) is 6.33. The number of benzene rings is 1. The van der Waals surface area contributed by atoms with Crippen molar-refractivity contribution in [3.8, 4) is 11.5 Å². The number of rotatable bonds is 5. The van der Waals surface area contributed by atoms with Gasteiger partial charge < -0.3 is 9.47 Å². The van der Waals surface area contributed by atoms with E-state index in [2.05, 4.69) is 4.72 Å². The molecule has 0 unspecified atom stereocenters. The molecule has 1 heterocycles. The van der Waals surface area contributed by atoms with Gasteiger partial charge in [0.1, 0.15) is 0 Å². The van der Waals surface area contributed by atoms with Gasteiger partial charge >= 0.3 is 0 Å². The number of unbranched alkanes of at least 4 members (excludes halogenated alkanes) is 1. The van der Waals surface area contributed by atoms with Crippen molar-refractivity contribution >= 4 is 15.7 Å². The molecule has 1 aromatic carbocycles. The Morgan fingerprint density at radius 2 is 1.95 bits per heavy atom. The predicted molar refractivity (Wildman–Crippen MR) is 74.4 cm³/mol. The minimum atomic E-state index is -3.28. The van der Waals surface area contributed by atoms with Crippen LogP contribution in [0.5, 0.6) is 11.5 Å². The molecule has 0 spiro atoms. The Morgan fingerprint density at radius 1 is 1.21 bits per heavy atom. The number of hydrogen-bond donors (Lipinski definition) is 1. The maximum atomic E-state index is 11.8. The fraction of sp³-hybridized carbons (Fsp3) is 0.538. The number of hydrogen-bond acceptors (Lipinski definition) is 4. The highest BCUT2D eigenvalue weighted by atomic mass is 32.2. The maximum Gasteiger partial charge on any atom is 0.232 e. The molecule has 1 N–H and O–H groups in total. The summed E-state index contributed by atoms with van der Waals surface area (Å²) in [4.78, 5) is 0. The van der Waals surface area contributed by atoms with E-state index >= 15 is 0 Å². The molecule has 1 aromatic rings. The average molecular weight is 285 g/mol. The van der Waals surface area contributed by atoms with Gasteiger partial charge in [0.15, 0.2) is 11.5 Å². The van der Waals surface area contributed by atoms with Crippen LogP contribution in [0, 0.1) is 0 Å². The van der Waals surface area contributed by atoms with Crippen LogP contribution in [0.3, 0.4) is 0 Å². The fourth-order valence-electron chi connectivity index (χ4n) is 1.79. The second kappa shape index (κ2) is 6.14. The molecule has 0 bridgehead atoms. The van der Waals surface area contributed by atoms with Crippen molar-refractivity contribution in [3.05, 3.63) is 18.2 Å². The first-order valence-corrected chi connectivity index (χ1v) is 8.16. The zero-order valence-corrected chi connectivity index (χ0v) is 11.8. The predicted octanol–water partition coefficient (Wildman–Crippen LogP) is 2.39. The van der Waals surface area contributed by atoms with Crippen molar-refractivity contribution < 1.29 is 17.9 Å². The molecule has 5 nitrogen and oxygen atoms in total. The Hall–Kier alpha value is -1.43. The van der Waals surface area contributed by atoms with Crippen molar-refractivity contribution in [1.82, 2.24) is 0 Å². The number of sulfonamides is 1. The quantitative estimate of drug-likeness (QED) is 0.902. The standard InChI is InChI=1S/C13H19NO4S/c1-2-3-9-19(15,16)14-11-5-6-12-13(10-11)18-8-4-7-17-12/h5-6,10,14H,2-4,7-9H2,1H3. The third kappa shape index (κ3) is 4.02. The summed E-state index contributed by atoms with van der Waals surface area (Å²) in [5, 5.41) is 0. The average Bonchev–Trinajstić information content (AvgIpc) is 2.60. The summed E-state index contributed by atoms with van der Waals surface area (Å²) < 4.78 is 37.2. The molecule has 0 radical (unpaired) electrons. The summed E-state index contributed by atoms with van der Waals surface area (Å²) in [6.45, 7) is 3.16. The van der Waals surface area contributed by atoms with Crippen LogP contribution in [0.15, 0.2) is 18.2 Å². The SMILES string of the molecule is CCCCS(=O)(=O)Nc1ccc2c(c1)OCCCO2. The van der Waals surface area contributed by atoms with E-state index in [1.165, 1.54) is 0 Å². The molecule has 0 aliphatic carbocycles. The number of ether oxygens (including phenoxy) is 2. The van der Waals surface area contributed by atoms with E-state index in [0.29, 0.717) is 36.8 Å². The van der Waals surface area contributed by atoms with E-state index in [4.69, 9.17) is 9.47 Å². The summed E-state index contributed by atoms with van der Waals surface area (Å²) in [7, 11) is -3.28. The number of nitrogens with one attached hydrogen (secondary N) is 1. The Morgan fingerprint density at radius 3 is 2.68 bits per heavy atom. The van der Waals surface area contributed by atoms with Gasteiger partial charge in [-0.2, -0.15) is 0 Å². The van der Waals surface area contributed by atoms with Gasteiger partial charge in [-0.3, -0.25) is 4.72 Å². The van der Waals surface area contributed by atoms with Crippen LogP contribution < -0.4 is 14.2 Å². The van der Waals surface area contributed by atoms with Crippen LogP contribution in [-0.2, 0) is 10.0 Å². The van der Waals surface area contributed by atoms with E-state index in [0.717, 1.165) is 12.8 Å². The molecule has 0 amide bonds. The Kier molecular flexibility index (Phi) is 4.52. The molecular weight excluding hydrogens is 266 g/mol. The molecule has 0 saturated heterocycles. The molecule has 1 aliphatic rings. The van der Waals surface area contributed by atoms with E-state index in [1.807, 2.05) is 6.92 Å². The van der Waals surface area contributed by atoms with E-state index in [-0.39, 0.29) is 5.75 Å². The van der Waals surface area contributed by atoms with Crippen molar-refractivity contribution in [2.75, 3.05) is 23.7 Å². The molecule has 1 aliphatic heterocycles. The summed E-state index contributed by atoms with van der Waals surface area (Å²) in [6, 6.07) is 5.10. The summed E-state index contributed by atoms with van der Waals surface area (Å²) >= 11 is 0. The van der Waals surface area contributed by atoms with Crippen molar-refractivity contribution in [2.45, 2.75) is 26.2 Å². The Labute approximate surface area is 114 Å². The zero-order chi connectivity index (χ0) is 13.7. The largest absolute Gasteiger partial charge is 0.490 e. The highest BCUT2D eigenvalue weighted by molar-refractivity contribution is 7.92. The van der Waals surface area contributed by atoms with Crippen molar-refractivity contribution in [3.63, 3.8) is 0 Å². The topological polar surface area (TPSA) is 64.6 Å². The molecule has 19 heavy (non-hydrogen) atoms. The van der Waals surface area contributed by atoms with Crippen LogP contribution in [0.2, 0.25) is 0 Å². The molecule has 0 atom stereocenters. The lowest BCUT2D eigenvalue weighted by molar-refractivity contribution is 0.297. The first-order chi connectivity index (χ1) is 9.11. The Balaban J connectivity index is 2.11. The van der Waals surface area contributed by atoms with Crippen LogP contribution in [0.1, 0.15) is 26.2 Å². The van der Waals surface area contributed by atoms with Crippen molar-refractivity contribution in [1.29, 1.82) is 0 Å². The Bertz CT molecular complexity index is 527. The third-order valence-electron chi connectivity index (χ3n) is 2.79. The van der Waals surface area contributed by atoms with E-state index < -0.39 is 10.0 Å². The van der Waals surface area contributed by atoms with Gasteiger partial charge in [0, 0.05) is 12.5 Å². The van der Waals surface area contributed by atoms with E-state index in [1.54, 1.807) is 18.2 Å². The lowest BCUT2D eigenvalue weighted by Crippen LogP contribution is -2.16. The van der Waals surface area contributed by atoms with E-state index in [9.17, 15) is 8.42 Å². The minimum absolute atomic E-state index is 0.137. The normalized spacial score (nSPS) is 14.8. The highest BCUT2D eigenvalue weighted by Gasteiger charge is 2.14. The lowest BCUT2D eigenvalue weighted by Gasteiger charge is -2.11. The van der Waals surface area contributed by atoms with Gasteiger partial charge in [-0.15, -0.1) is 0 Å². The molecule has 0 saturated carbocycles. The summed E-state index contributed by atoms with van der Waals surface area (Å²) in [5.74, 6) is 1.39. The van der Waals surface area contributed by atoms with Gasteiger partial charge in [0.2, 0.25) is 10.0 Å². The summed E-state index contributed by atoms with van der Waals surface area (Å²) in [6.07, 6.45) is 2.33. The molecule has 0 aromatic heterocycles. The highest BCUT2D eigenvalue weighted by Crippen LogP contribution is 2.32. The van der Waals surface area contributed by atoms with Gasteiger partial charge in [-0.1, -0.05) is 13.3 Å². The molecule has 2 rings (SSSR count). The smallest absolute Gasteiger partial charge is 0.232 e. The molecule has 6 heteroatoms. The molecule has 106 valence electrons. The number of fused-ring (bicyclic) bond motifs is 1. The van der Waals surface area contributed by atoms with Gasteiger partial charge in [0.05, 0.1) is 24.7 Å². The first kappa shape index (κ1) is 14.0. The molecular formula is C13H19NO4S. The van der Waals surface area contributed by atoms with Crippen LogP contribution >= 0.6 is 0 Å². The monoisotopic (exact) mass is 285 g/mol. The van der Waals surface area contributed by atoms with Gasteiger partial charge in [-0.25, -0.2) is 8.42 Å². The van der Waals surface area contributed by atoms with Crippen LogP contribution in [0.4, 0.5) is 5.69 Å². The first-order valence-electron chi connectivity index (χ1n) is 6.51. The third-order valence-corrected chi connectivity index (χ3v) is 4.16. The zero-order valence-electron chi connectivity index (χ0n) is 11.0. The summed E-state index contributed by atoms with van der Waals surface area (Å²) in [5.41, 5.74) is 0.514. The van der Waals surface area contributed by atoms with Crippen molar-refractivity contribution in [2.24, 2.45) is 0 Å². The van der Waals surface area contributed by atoms with Gasteiger partial charge in [0.25, 0.3) is 0 Å². The van der Waals surface area contributed by atoms with Crippen LogP contribution in [-0.4, -0.2) is 27.4 Å². The minimum Gasteiger partial charge on any atom is -0.490 e. The molecule has 0 fully saturated rings. The number of anilines is 1. The van der Waals surface area contributed by atoms with Gasteiger partial charge in [-0.05, 0) is 18.6 Å². The maximum absolute atomic E-state index is 11.8. The lowest BCUT2D eigenvalue weighted by atomic mass is 10.3. The van der Waals surface area contributed by atoms with Crippen LogP contribution in [0.25, 0.3) is 0 Å².